The molecule has 0 spiro atoms. The molecular formula is C21H18O3. The smallest absolute Gasteiger partial charge is 0.329 e. The van der Waals surface area contributed by atoms with Gasteiger partial charge < -0.3 is 4.74 Å². The van der Waals surface area contributed by atoms with Crippen molar-refractivity contribution in [3.05, 3.63) is 71.8 Å². The minimum Gasteiger partial charge on any atom is -0.425 e. The third-order valence-electron chi connectivity index (χ3n) is 4.96. The molecule has 2 aliphatic rings. The molecule has 0 fully saturated rings. The van der Waals surface area contributed by atoms with E-state index in [0.29, 0.717) is 5.75 Å². The first-order valence-corrected chi connectivity index (χ1v) is 8.19. The van der Waals surface area contributed by atoms with Crippen molar-refractivity contribution in [3.63, 3.8) is 0 Å². The molecule has 3 heteroatoms. The van der Waals surface area contributed by atoms with Crippen LogP contribution in [0.4, 0.5) is 0 Å². The predicted molar refractivity (Wildman–Crippen MR) is 91.5 cm³/mol. The lowest BCUT2D eigenvalue weighted by atomic mass is 9.53. The van der Waals surface area contributed by atoms with Gasteiger partial charge in [-0.25, -0.2) is 0 Å². The number of ether oxygens (including phenoxy) is 1. The number of hydrogen-bond acceptors (Lipinski definition) is 3. The number of Topliss-reactive ketones (excluding diaryl/α,β-unsaturated/α-hetero) is 1. The maximum absolute atomic E-state index is 12.9. The van der Waals surface area contributed by atoms with Gasteiger partial charge in [-0.3, -0.25) is 9.59 Å². The van der Waals surface area contributed by atoms with Crippen molar-refractivity contribution in [1.29, 1.82) is 0 Å². The SMILES string of the molecule is CC(C)C(=O)[C@]12C=C(c3ccccc3)[C@H]1c1ccccc1OC2=O. The second-order valence-corrected chi connectivity index (χ2v) is 6.71. The van der Waals surface area contributed by atoms with Gasteiger partial charge in [0.05, 0.1) is 0 Å². The summed E-state index contributed by atoms with van der Waals surface area (Å²) in [5.41, 5.74) is 1.79. The van der Waals surface area contributed by atoms with Gasteiger partial charge in [0, 0.05) is 17.4 Å². The number of ketones is 1. The highest BCUT2D eigenvalue weighted by molar-refractivity contribution is 6.16. The minimum absolute atomic E-state index is 0.0771. The predicted octanol–water partition coefficient (Wildman–Crippen LogP) is 4.00. The third kappa shape index (κ3) is 1.84. The van der Waals surface area contributed by atoms with Crippen molar-refractivity contribution in [2.24, 2.45) is 11.3 Å². The van der Waals surface area contributed by atoms with Crippen LogP contribution in [0.15, 0.2) is 60.7 Å². The summed E-state index contributed by atoms with van der Waals surface area (Å²) in [6.45, 7) is 3.66. The molecule has 0 amide bonds. The molecule has 1 aliphatic carbocycles. The molecule has 24 heavy (non-hydrogen) atoms. The Bertz CT molecular complexity index is 864. The fraction of sp³-hybridized carbons (Fsp3) is 0.238. The maximum Gasteiger partial charge on any atom is 0.329 e. The molecular weight excluding hydrogens is 300 g/mol. The van der Waals surface area contributed by atoms with Gasteiger partial charge in [-0.2, -0.15) is 0 Å². The summed E-state index contributed by atoms with van der Waals surface area (Å²) >= 11 is 0. The van der Waals surface area contributed by atoms with Crippen molar-refractivity contribution in [1.82, 2.24) is 0 Å². The van der Waals surface area contributed by atoms with Crippen LogP contribution in [0.25, 0.3) is 5.57 Å². The van der Waals surface area contributed by atoms with Crippen molar-refractivity contribution < 1.29 is 14.3 Å². The summed E-state index contributed by atoms with van der Waals surface area (Å²) in [6.07, 6.45) is 1.81. The van der Waals surface area contributed by atoms with Crippen molar-refractivity contribution in [2.75, 3.05) is 0 Å². The zero-order valence-electron chi connectivity index (χ0n) is 13.7. The molecule has 0 saturated carbocycles. The van der Waals surface area contributed by atoms with Gasteiger partial charge in [-0.1, -0.05) is 68.5 Å². The number of carbonyl (C=O) groups excluding carboxylic acids is 2. The number of hydrogen-bond donors (Lipinski definition) is 0. The number of benzene rings is 2. The first-order chi connectivity index (χ1) is 11.6. The molecule has 0 radical (unpaired) electrons. The van der Waals surface area contributed by atoms with Crippen molar-refractivity contribution in [3.8, 4) is 5.75 Å². The van der Waals surface area contributed by atoms with Crippen LogP contribution in [0.2, 0.25) is 0 Å². The number of para-hydroxylation sites is 1. The van der Waals surface area contributed by atoms with Crippen LogP contribution in [0.3, 0.4) is 0 Å². The Balaban J connectivity index is 1.94. The summed E-state index contributed by atoms with van der Waals surface area (Å²) in [4.78, 5) is 25.7. The summed E-state index contributed by atoms with van der Waals surface area (Å²) in [6, 6.07) is 17.4. The zero-order chi connectivity index (χ0) is 16.9. The molecule has 2 aromatic rings. The fourth-order valence-electron chi connectivity index (χ4n) is 3.82. The van der Waals surface area contributed by atoms with Crippen LogP contribution in [-0.4, -0.2) is 11.8 Å². The van der Waals surface area contributed by atoms with E-state index < -0.39 is 11.4 Å². The number of carbonyl (C=O) groups is 2. The molecule has 0 unspecified atom stereocenters. The van der Waals surface area contributed by atoms with E-state index >= 15 is 0 Å². The van der Waals surface area contributed by atoms with E-state index in [2.05, 4.69) is 0 Å². The fourth-order valence-corrected chi connectivity index (χ4v) is 3.82. The van der Waals surface area contributed by atoms with Gasteiger partial charge in [0.15, 0.2) is 11.2 Å². The molecule has 120 valence electrons. The van der Waals surface area contributed by atoms with E-state index in [4.69, 9.17) is 4.74 Å². The normalized spacial score (nSPS) is 24.4. The molecule has 1 heterocycles. The van der Waals surface area contributed by atoms with Crippen molar-refractivity contribution >= 4 is 17.3 Å². The van der Waals surface area contributed by atoms with Crippen molar-refractivity contribution in [2.45, 2.75) is 19.8 Å². The van der Waals surface area contributed by atoms with Crippen LogP contribution in [0.1, 0.15) is 30.9 Å². The highest BCUT2D eigenvalue weighted by atomic mass is 16.5. The van der Waals surface area contributed by atoms with Gasteiger partial charge in [0.25, 0.3) is 0 Å². The first-order valence-electron chi connectivity index (χ1n) is 8.19. The zero-order valence-corrected chi connectivity index (χ0v) is 13.7. The highest BCUT2D eigenvalue weighted by Gasteiger charge is 2.62. The van der Waals surface area contributed by atoms with E-state index in [-0.39, 0.29) is 17.6 Å². The molecule has 2 aromatic carbocycles. The third-order valence-corrected chi connectivity index (χ3v) is 4.96. The van der Waals surface area contributed by atoms with Gasteiger partial charge in [-0.15, -0.1) is 0 Å². The summed E-state index contributed by atoms with van der Waals surface area (Å²) in [5, 5.41) is 0. The molecule has 1 aliphatic heterocycles. The number of allylic oxidation sites excluding steroid dienone is 1. The largest absolute Gasteiger partial charge is 0.425 e. The number of fused-ring (bicyclic) bond motifs is 3. The average molecular weight is 318 g/mol. The summed E-state index contributed by atoms with van der Waals surface area (Å²) in [7, 11) is 0. The van der Waals surface area contributed by atoms with Crippen LogP contribution in [-0.2, 0) is 9.59 Å². The Kier molecular flexibility index (Phi) is 3.20. The molecule has 0 aromatic heterocycles. The lowest BCUT2D eigenvalue weighted by Gasteiger charge is -2.48. The van der Waals surface area contributed by atoms with E-state index in [1.165, 1.54) is 0 Å². The first kappa shape index (κ1) is 14.9. The topological polar surface area (TPSA) is 43.4 Å². The van der Waals surface area contributed by atoms with E-state index in [9.17, 15) is 9.59 Å². The van der Waals surface area contributed by atoms with Gasteiger partial charge in [0.2, 0.25) is 0 Å². The summed E-state index contributed by atoms with van der Waals surface area (Å²) < 4.78 is 5.52. The second-order valence-electron chi connectivity index (χ2n) is 6.71. The molecule has 4 rings (SSSR count). The number of rotatable bonds is 3. The van der Waals surface area contributed by atoms with Crippen LogP contribution in [0, 0.1) is 11.3 Å². The van der Waals surface area contributed by atoms with Gasteiger partial charge in [0.1, 0.15) is 5.75 Å². The second kappa shape index (κ2) is 5.17. The molecule has 0 N–H and O–H groups in total. The minimum atomic E-state index is -1.19. The van der Waals surface area contributed by atoms with E-state index in [1.54, 1.807) is 6.07 Å². The van der Waals surface area contributed by atoms with E-state index in [0.717, 1.165) is 16.7 Å². The quantitative estimate of drug-likeness (QED) is 0.488. The Hall–Kier alpha value is -2.68. The standard InChI is InChI=1S/C21H18O3/c1-13(2)19(22)21-12-16(14-8-4-3-5-9-14)18(21)15-10-6-7-11-17(15)24-20(21)23/h3-13,18H,1-2H3/t18-,21+/m1/s1. The number of esters is 1. The maximum atomic E-state index is 12.9. The van der Waals surface area contributed by atoms with Crippen LogP contribution >= 0.6 is 0 Å². The molecule has 3 nitrogen and oxygen atoms in total. The highest BCUT2D eigenvalue weighted by Crippen LogP contribution is 2.61. The lowest BCUT2D eigenvalue weighted by molar-refractivity contribution is -0.153. The molecule has 0 bridgehead atoms. The Morgan fingerprint density at radius 3 is 2.42 bits per heavy atom. The molecule has 2 atom stereocenters. The Morgan fingerprint density at radius 1 is 1.04 bits per heavy atom. The molecule has 0 saturated heterocycles. The lowest BCUT2D eigenvalue weighted by Crippen LogP contribution is -2.54. The monoisotopic (exact) mass is 318 g/mol. The summed E-state index contributed by atoms with van der Waals surface area (Å²) in [5.74, 6) is -0.483. The van der Waals surface area contributed by atoms with Gasteiger partial charge in [-0.05, 0) is 17.2 Å². The Morgan fingerprint density at radius 2 is 1.71 bits per heavy atom. The van der Waals surface area contributed by atoms with E-state index in [1.807, 2.05) is 68.5 Å². The Labute approximate surface area is 141 Å². The van der Waals surface area contributed by atoms with Gasteiger partial charge >= 0.3 is 5.97 Å². The van der Waals surface area contributed by atoms with Crippen LogP contribution < -0.4 is 4.74 Å². The average Bonchev–Trinajstić information content (AvgIpc) is 2.56. The van der Waals surface area contributed by atoms with Crippen LogP contribution in [0.5, 0.6) is 5.75 Å².